The van der Waals surface area contributed by atoms with Gasteiger partial charge in [0.15, 0.2) is 0 Å². The van der Waals surface area contributed by atoms with Gasteiger partial charge in [-0.3, -0.25) is 4.79 Å². The highest BCUT2D eigenvalue weighted by atomic mass is 35.5. The molecule has 4 nitrogen and oxygen atoms in total. The van der Waals surface area contributed by atoms with Crippen LogP contribution in [0.3, 0.4) is 0 Å². The number of carbonyl (C=O) groups excluding carboxylic acids is 1. The monoisotopic (exact) mass is 227 g/mol. The van der Waals surface area contributed by atoms with Crippen molar-refractivity contribution in [1.82, 2.24) is 4.98 Å². The minimum atomic E-state index is -0.536. The van der Waals surface area contributed by atoms with Crippen LogP contribution in [0, 0.1) is 5.92 Å². The Labute approximate surface area is 93.8 Å². The third-order valence-electron chi connectivity index (χ3n) is 1.99. The van der Waals surface area contributed by atoms with Crippen molar-refractivity contribution in [2.75, 3.05) is 5.32 Å². The number of pyridine rings is 1. The smallest absolute Gasteiger partial charge is 0.242 e. The first-order valence-corrected chi connectivity index (χ1v) is 5.06. The van der Waals surface area contributed by atoms with E-state index in [2.05, 4.69) is 10.3 Å². The number of hydrogen-bond donors (Lipinski definition) is 2. The fourth-order valence-electron chi connectivity index (χ4n) is 0.985. The average Bonchev–Trinajstić information content (AvgIpc) is 2.16. The van der Waals surface area contributed by atoms with E-state index in [1.807, 2.05) is 13.8 Å². The van der Waals surface area contributed by atoms with E-state index in [1.54, 1.807) is 12.1 Å². The molecule has 0 aliphatic heterocycles. The molecule has 0 aliphatic rings. The summed E-state index contributed by atoms with van der Waals surface area (Å²) < 4.78 is 0. The molecule has 0 spiro atoms. The van der Waals surface area contributed by atoms with Crippen LogP contribution >= 0.6 is 11.6 Å². The summed E-state index contributed by atoms with van der Waals surface area (Å²) >= 11 is 5.75. The molecule has 0 aliphatic carbocycles. The third-order valence-corrected chi connectivity index (χ3v) is 2.23. The molecule has 1 atom stereocenters. The van der Waals surface area contributed by atoms with Gasteiger partial charge in [0.05, 0.1) is 6.04 Å². The summed E-state index contributed by atoms with van der Waals surface area (Å²) in [5, 5.41) is 3.13. The summed E-state index contributed by atoms with van der Waals surface area (Å²) in [4.78, 5) is 15.5. The molecule has 1 amide bonds. The highest BCUT2D eigenvalue weighted by Crippen LogP contribution is 2.12. The Morgan fingerprint density at radius 1 is 1.60 bits per heavy atom. The highest BCUT2D eigenvalue weighted by molar-refractivity contribution is 6.30. The van der Waals surface area contributed by atoms with Crippen molar-refractivity contribution >= 4 is 23.3 Å². The summed E-state index contributed by atoms with van der Waals surface area (Å²) in [5.41, 5.74) is 5.67. The maximum absolute atomic E-state index is 11.5. The van der Waals surface area contributed by atoms with E-state index in [1.165, 1.54) is 6.20 Å². The Morgan fingerprint density at radius 3 is 2.80 bits per heavy atom. The molecule has 0 saturated heterocycles. The normalized spacial score (nSPS) is 12.6. The van der Waals surface area contributed by atoms with Crippen molar-refractivity contribution in [2.45, 2.75) is 19.9 Å². The Balaban J connectivity index is 2.66. The first kappa shape index (κ1) is 11.9. The van der Waals surface area contributed by atoms with Crippen LogP contribution in [0.2, 0.25) is 5.02 Å². The predicted molar refractivity (Wildman–Crippen MR) is 60.7 cm³/mol. The molecular weight excluding hydrogens is 214 g/mol. The predicted octanol–water partition coefficient (Wildman–Crippen LogP) is 1.66. The van der Waals surface area contributed by atoms with Crippen LogP contribution in [0.5, 0.6) is 0 Å². The molecule has 0 unspecified atom stereocenters. The van der Waals surface area contributed by atoms with E-state index < -0.39 is 6.04 Å². The summed E-state index contributed by atoms with van der Waals surface area (Å²) in [5.74, 6) is 0.257. The van der Waals surface area contributed by atoms with Crippen LogP contribution in [-0.2, 0) is 4.79 Å². The third kappa shape index (κ3) is 3.49. The van der Waals surface area contributed by atoms with E-state index in [4.69, 9.17) is 17.3 Å². The minimum absolute atomic E-state index is 0.0872. The van der Waals surface area contributed by atoms with Crippen molar-refractivity contribution in [3.63, 3.8) is 0 Å². The van der Waals surface area contributed by atoms with Crippen LogP contribution in [0.15, 0.2) is 18.3 Å². The van der Waals surface area contributed by atoms with Crippen molar-refractivity contribution in [3.05, 3.63) is 23.4 Å². The molecule has 1 heterocycles. The second kappa shape index (κ2) is 5.09. The molecule has 0 saturated carbocycles. The number of amides is 1. The Hall–Kier alpha value is -1.13. The van der Waals surface area contributed by atoms with Gasteiger partial charge < -0.3 is 11.1 Å². The number of halogens is 1. The van der Waals surface area contributed by atoms with Gasteiger partial charge in [-0.2, -0.15) is 0 Å². The second-order valence-corrected chi connectivity index (χ2v) is 4.05. The van der Waals surface area contributed by atoms with Crippen molar-refractivity contribution in [2.24, 2.45) is 11.7 Å². The molecule has 0 aromatic carbocycles. The molecule has 82 valence electrons. The molecule has 1 aromatic rings. The quantitative estimate of drug-likeness (QED) is 0.825. The SMILES string of the molecule is CC(C)[C@@H](N)C(=O)Nc1cc(Cl)ccn1. The first-order chi connectivity index (χ1) is 7.00. The van der Waals surface area contributed by atoms with Gasteiger partial charge in [-0.05, 0) is 18.1 Å². The summed E-state index contributed by atoms with van der Waals surface area (Å²) in [6.45, 7) is 3.77. The molecular formula is C10H14ClN3O. The van der Waals surface area contributed by atoms with Crippen molar-refractivity contribution in [1.29, 1.82) is 0 Å². The number of anilines is 1. The van der Waals surface area contributed by atoms with Gasteiger partial charge in [0.25, 0.3) is 0 Å². The van der Waals surface area contributed by atoms with Crippen LogP contribution in [0.1, 0.15) is 13.8 Å². The molecule has 1 aromatic heterocycles. The van der Waals surface area contributed by atoms with Crippen LogP contribution in [-0.4, -0.2) is 16.9 Å². The number of nitrogens with zero attached hydrogens (tertiary/aromatic N) is 1. The summed E-state index contributed by atoms with van der Waals surface area (Å²) in [6.07, 6.45) is 1.53. The van der Waals surface area contributed by atoms with Crippen LogP contribution < -0.4 is 11.1 Å². The van der Waals surface area contributed by atoms with Crippen LogP contribution in [0.25, 0.3) is 0 Å². The average molecular weight is 228 g/mol. The molecule has 5 heteroatoms. The molecule has 0 radical (unpaired) electrons. The van der Waals surface area contributed by atoms with E-state index in [0.717, 1.165) is 0 Å². The van der Waals surface area contributed by atoms with Gasteiger partial charge in [-0.15, -0.1) is 0 Å². The molecule has 1 rings (SSSR count). The number of nitrogens with one attached hydrogen (secondary N) is 1. The zero-order valence-corrected chi connectivity index (χ0v) is 9.45. The molecule has 3 N–H and O–H groups in total. The lowest BCUT2D eigenvalue weighted by atomic mass is 10.1. The Kier molecular flexibility index (Phi) is 4.05. The van der Waals surface area contributed by atoms with Crippen molar-refractivity contribution in [3.8, 4) is 0 Å². The molecule has 0 fully saturated rings. The van der Waals surface area contributed by atoms with E-state index in [0.29, 0.717) is 10.8 Å². The van der Waals surface area contributed by atoms with Gasteiger partial charge in [-0.1, -0.05) is 25.4 Å². The topological polar surface area (TPSA) is 68.0 Å². The Bertz CT molecular complexity index is 354. The second-order valence-electron chi connectivity index (χ2n) is 3.62. The fourth-order valence-corrected chi connectivity index (χ4v) is 1.15. The number of nitrogens with two attached hydrogens (primary N) is 1. The molecule has 15 heavy (non-hydrogen) atoms. The first-order valence-electron chi connectivity index (χ1n) is 4.68. The fraction of sp³-hybridized carbons (Fsp3) is 0.400. The van der Waals surface area contributed by atoms with Gasteiger partial charge in [0.1, 0.15) is 5.82 Å². The largest absolute Gasteiger partial charge is 0.320 e. The maximum Gasteiger partial charge on any atom is 0.242 e. The van der Waals surface area contributed by atoms with Gasteiger partial charge in [0.2, 0.25) is 5.91 Å². The van der Waals surface area contributed by atoms with Gasteiger partial charge in [-0.25, -0.2) is 4.98 Å². The zero-order valence-electron chi connectivity index (χ0n) is 8.70. The minimum Gasteiger partial charge on any atom is -0.320 e. The standard InChI is InChI=1S/C10H14ClN3O/c1-6(2)9(12)10(15)14-8-5-7(11)3-4-13-8/h3-6,9H,12H2,1-2H3,(H,13,14,15)/t9-/m1/s1. The van der Waals surface area contributed by atoms with Crippen molar-refractivity contribution < 1.29 is 4.79 Å². The summed E-state index contributed by atoms with van der Waals surface area (Å²) in [6, 6.07) is 2.68. The summed E-state index contributed by atoms with van der Waals surface area (Å²) in [7, 11) is 0. The van der Waals surface area contributed by atoms with Gasteiger partial charge in [0, 0.05) is 11.2 Å². The lowest BCUT2D eigenvalue weighted by Gasteiger charge is -2.14. The zero-order chi connectivity index (χ0) is 11.4. The molecule has 0 bridgehead atoms. The van der Waals surface area contributed by atoms with Crippen LogP contribution in [0.4, 0.5) is 5.82 Å². The number of rotatable bonds is 3. The lowest BCUT2D eigenvalue weighted by Crippen LogP contribution is -2.39. The number of hydrogen-bond acceptors (Lipinski definition) is 3. The maximum atomic E-state index is 11.5. The van der Waals surface area contributed by atoms with E-state index in [-0.39, 0.29) is 11.8 Å². The lowest BCUT2D eigenvalue weighted by molar-refractivity contribution is -0.118. The van der Waals surface area contributed by atoms with E-state index in [9.17, 15) is 4.79 Å². The van der Waals surface area contributed by atoms with E-state index >= 15 is 0 Å². The highest BCUT2D eigenvalue weighted by Gasteiger charge is 2.17. The van der Waals surface area contributed by atoms with Gasteiger partial charge >= 0.3 is 0 Å². The Morgan fingerprint density at radius 2 is 2.27 bits per heavy atom. The number of aromatic nitrogens is 1. The number of carbonyl (C=O) groups is 1.